The van der Waals surface area contributed by atoms with Crippen molar-refractivity contribution < 1.29 is 9.53 Å². The number of carbonyl (C=O) groups excluding carboxylic acids is 1. The molecular weight excluding hydrogens is 336 g/mol. The van der Waals surface area contributed by atoms with Gasteiger partial charge in [0.2, 0.25) is 0 Å². The second-order valence-electron chi connectivity index (χ2n) is 6.76. The van der Waals surface area contributed by atoms with E-state index in [0.717, 1.165) is 59.3 Å². The Labute approximate surface area is 158 Å². The minimum atomic E-state index is -0.218. The Kier molecular flexibility index (Phi) is 5.15. The van der Waals surface area contributed by atoms with Gasteiger partial charge in [-0.15, -0.1) is 0 Å². The number of esters is 1. The van der Waals surface area contributed by atoms with Crippen LogP contribution in [-0.4, -0.2) is 16.2 Å². The molecule has 4 rings (SSSR count). The number of aromatic nitrogens is 2. The van der Waals surface area contributed by atoms with Gasteiger partial charge in [-0.05, 0) is 42.9 Å². The van der Waals surface area contributed by atoms with Crippen molar-refractivity contribution in [1.29, 1.82) is 0 Å². The molecule has 0 saturated carbocycles. The Morgan fingerprint density at radius 2 is 1.67 bits per heavy atom. The maximum Gasteiger partial charge on any atom is 0.334 e. The highest BCUT2D eigenvalue weighted by Gasteiger charge is 2.23. The van der Waals surface area contributed by atoms with Crippen molar-refractivity contribution in [1.82, 2.24) is 10.2 Å². The Morgan fingerprint density at radius 3 is 2.44 bits per heavy atom. The summed E-state index contributed by atoms with van der Waals surface area (Å²) < 4.78 is 5.58. The standard InChI is InChI=1S/C23H22N2O2/c26-23(27-16-17-9-3-1-4-10-17)20-14-8-7-13-19(20)22-15-21(24-25-22)18-11-5-2-6-12-18/h1-6,9-12,15H,7-8,13-14,16H2,(H,24,25). The van der Waals surface area contributed by atoms with Gasteiger partial charge in [0.1, 0.15) is 6.61 Å². The Bertz CT molecular complexity index is 943. The van der Waals surface area contributed by atoms with Gasteiger partial charge in [0, 0.05) is 11.1 Å². The van der Waals surface area contributed by atoms with Gasteiger partial charge in [-0.3, -0.25) is 5.10 Å². The van der Waals surface area contributed by atoms with Crippen LogP contribution in [0.4, 0.5) is 0 Å². The number of nitrogens with one attached hydrogen (secondary N) is 1. The normalized spacial score (nSPS) is 14.2. The largest absolute Gasteiger partial charge is 0.457 e. The SMILES string of the molecule is O=C(OCc1ccccc1)C1=C(c2cc(-c3ccccc3)n[nH]2)CCCC1. The molecule has 4 heteroatoms. The van der Waals surface area contributed by atoms with Gasteiger partial charge in [-0.1, -0.05) is 60.7 Å². The zero-order valence-electron chi connectivity index (χ0n) is 15.2. The van der Waals surface area contributed by atoms with Crippen LogP contribution >= 0.6 is 0 Å². The third kappa shape index (κ3) is 4.00. The summed E-state index contributed by atoms with van der Waals surface area (Å²) in [4.78, 5) is 12.7. The monoisotopic (exact) mass is 358 g/mol. The lowest BCUT2D eigenvalue weighted by molar-refractivity contribution is -0.140. The highest BCUT2D eigenvalue weighted by atomic mass is 16.5. The van der Waals surface area contributed by atoms with Gasteiger partial charge in [0.25, 0.3) is 0 Å². The van der Waals surface area contributed by atoms with Gasteiger partial charge < -0.3 is 4.74 Å². The average molecular weight is 358 g/mol. The number of hydrogen-bond donors (Lipinski definition) is 1. The molecule has 0 amide bonds. The quantitative estimate of drug-likeness (QED) is 0.642. The number of carbonyl (C=O) groups is 1. The summed E-state index contributed by atoms with van der Waals surface area (Å²) in [6, 6.07) is 21.8. The maximum atomic E-state index is 12.7. The van der Waals surface area contributed by atoms with Crippen molar-refractivity contribution in [2.24, 2.45) is 0 Å². The van der Waals surface area contributed by atoms with E-state index in [0.29, 0.717) is 6.61 Å². The molecule has 0 bridgehead atoms. The molecule has 0 aliphatic heterocycles. The molecule has 1 heterocycles. The predicted octanol–water partition coefficient (Wildman–Crippen LogP) is 5.15. The van der Waals surface area contributed by atoms with Crippen LogP contribution in [0.3, 0.4) is 0 Å². The molecular formula is C23H22N2O2. The number of allylic oxidation sites excluding steroid dienone is 1. The third-order valence-electron chi connectivity index (χ3n) is 4.90. The number of aromatic amines is 1. The van der Waals surface area contributed by atoms with E-state index in [1.807, 2.05) is 66.7 Å². The van der Waals surface area contributed by atoms with E-state index < -0.39 is 0 Å². The first-order valence-corrected chi connectivity index (χ1v) is 9.35. The molecule has 4 nitrogen and oxygen atoms in total. The van der Waals surface area contributed by atoms with E-state index in [-0.39, 0.29) is 5.97 Å². The lowest BCUT2D eigenvalue weighted by Crippen LogP contribution is -2.13. The Balaban J connectivity index is 1.56. The number of nitrogens with zero attached hydrogens (tertiary/aromatic N) is 1. The summed E-state index contributed by atoms with van der Waals surface area (Å²) in [7, 11) is 0. The van der Waals surface area contributed by atoms with Gasteiger partial charge in [-0.2, -0.15) is 5.10 Å². The molecule has 3 aromatic rings. The first-order valence-electron chi connectivity index (χ1n) is 9.35. The van der Waals surface area contributed by atoms with E-state index in [1.54, 1.807) is 0 Å². The van der Waals surface area contributed by atoms with Gasteiger partial charge in [0.15, 0.2) is 0 Å². The van der Waals surface area contributed by atoms with Crippen LogP contribution in [0.25, 0.3) is 16.8 Å². The molecule has 2 aromatic carbocycles. The lowest BCUT2D eigenvalue weighted by atomic mass is 9.89. The van der Waals surface area contributed by atoms with Crippen LogP contribution in [0.1, 0.15) is 36.9 Å². The summed E-state index contributed by atoms with van der Waals surface area (Å²) in [5.74, 6) is -0.218. The maximum absolute atomic E-state index is 12.7. The van der Waals surface area contributed by atoms with E-state index >= 15 is 0 Å². The smallest absolute Gasteiger partial charge is 0.334 e. The van der Waals surface area contributed by atoms with Crippen LogP contribution in [-0.2, 0) is 16.1 Å². The van der Waals surface area contributed by atoms with Crippen molar-refractivity contribution >= 4 is 11.5 Å². The van der Waals surface area contributed by atoms with Gasteiger partial charge in [0.05, 0.1) is 11.4 Å². The van der Waals surface area contributed by atoms with E-state index in [4.69, 9.17) is 4.74 Å². The van der Waals surface area contributed by atoms with E-state index in [1.165, 1.54) is 0 Å². The Morgan fingerprint density at radius 1 is 0.963 bits per heavy atom. The average Bonchev–Trinajstić information content (AvgIpc) is 3.23. The van der Waals surface area contributed by atoms with Crippen molar-refractivity contribution in [2.45, 2.75) is 32.3 Å². The van der Waals surface area contributed by atoms with Crippen molar-refractivity contribution in [3.63, 3.8) is 0 Å². The fourth-order valence-electron chi connectivity index (χ4n) is 3.47. The highest BCUT2D eigenvalue weighted by Crippen LogP contribution is 2.33. The fourth-order valence-corrected chi connectivity index (χ4v) is 3.47. The van der Waals surface area contributed by atoms with Crippen molar-refractivity contribution in [3.05, 3.63) is 83.6 Å². The molecule has 1 N–H and O–H groups in total. The molecule has 136 valence electrons. The van der Waals surface area contributed by atoms with E-state index in [9.17, 15) is 4.79 Å². The first kappa shape index (κ1) is 17.3. The Hall–Kier alpha value is -3.14. The van der Waals surface area contributed by atoms with Crippen LogP contribution < -0.4 is 0 Å². The summed E-state index contributed by atoms with van der Waals surface area (Å²) in [5, 5.41) is 7.55. The topological polar surface area (TPSA) is 55.0 Å². The molecule has 1 aliphatic rings. The van der Waals surface area contributed by atoms with Crippen LogP contribution in [0.15, 0.2) is 72.3 Å². The predicted molar refractivity (Wildman–Crippen MR) is 106 cm³/mol. The second-order valence-corrected chi connectivity index (χ2v) is 6.76. The summed E-state index contributed by atoms with van der Waals surface area (Å²) in [6.45, 7) is 0.300. The number of rotatable bonds is 5. The van der Waals surface area contributed by atoms with Crippen molar-refractivity contribution in [2.75, 3.05) is 0 Å². The van der Waals surface area contributed by atoms with E-state index in [2.05, 4.69) is 10.2 Å². The molecule has 1 aliphatic carbocycles. The number of H-pyrrole nitrogens is 1. The molecule has 0 spiro atoms. The molecule has 0 fully saturated rings. The first-order chi connectivity index (χ1) is 13.3. The van der Waals surface area contributed by atoms with Gasteiger partial charge in [-0.25, -0.2) is 4.79 Å². The highest BCUT2D eigenvalue weighted by molar-refractivity contribution is 5.97. The molecule has 0 unspecified atom stereocenters. The van der Waals surface area contributed by atoms with Crippen LogP contribution in [0.5, 0.6) is 0 Å². The van der Waals surface area contributed by atoms with Crippen LogP contribution in [0.2, 0.25) is 0 Å². The van der Waals surface area contributed by atoms with Gasteiger partial charge >= 0.3 is 5.97 Å². The molecule has 1 aromatic heterocycles. The minimum absolute atomic E-state index is 0.218. The zero-order chi connectivity index (χ0) is 18.5. The van der Waals surface area contributed by atoms with Crippen molar-refractivity contribution in [3.8, 4) is 11.3 Å². The number of hydrogen-bond acceptors (Lipinski definition) is 3. The summed E-state index contributed by atoms with van der Waals surface area (Å²) in [6.07, 6.45) is 3.71. The number of benzene rings is 2. The zero-order valence-corrected chi connectivity index (χ0v) is 15.2. The van der Waals surface area contributed by atoms with Crippen LogP contribution in [0, 0.1) is 0 Å². The molecule has 0 atom stereocenters. The molecule has 27 heavy (non-hydrogen) atoms. The minimum Gasteiger partial charge on any atom is -0.457 e. The lowest BCUT2D eigenvalue weighted by Gasteiger charge is -2.18. The third-order valence-corrected chi connectivity index (χ3v) is 4.90. The molecule has 0 saturated heterocycles. The second kappa shape index (κ2) is 8.04. The summed E-state index contributed by atoms with van der Waals surface area (Å²) in [5.41, 5.74) is 5.68. The fraction of sp³-hybridized carbons (Fsp3) is 0.217. The molecule has 0 radical (unpaired) electrons. The number of ether oxygens (including phenoxy) is 1. The summed E-state index contributed by atoms with van der Waals surface area (Å²) >= 11 is 0.